The van der Waals surface area contributed by atoms with Gasteiger partial charge in [-0.25, -0.2) is 4.79 Å². The zero-order chi connectivity index (χ0) is 71.4. The molecule has 2 heterocycles. The Balaban J connectivity index is 1.83. The fraction of sp³-hybridized carbons (Fsp3) is 0.661. The fourth-order valence-electron chi connectivity index (χ4n) is 10.0. The van der Waals surface area contributed by atoms with Crippen LogP contribution in [0, 0.1) is 11.8 Å². The number of likely N-dealkylation sites (tertiary alicyclic amines) is 1. The third-order valence-corrected chi connectivity index (χ3v) is 15.9. The summed E-state index contributed by atoms with van der Waals surface area (Å²) in [6, 6.07) is -7.00. The maximum absolute atomic E-state index is 14.4. The van der Waals surface area contributed by atoms with Crippen molar-refractivity contribution in [2.24, 2.45) is 23.3 Å². The second-order valence-electron chi connectivity index (χ2n) is 23.6. The van der Waals surface area contributed by atoms with E-state index in [2.05, 4.69) is 53.2 Å². The Bertz CT molecular complexity index is 2820. The van der Waals surface area contributed by atoms with Crippen molar-refractivity contribution in [1.29, 1.82) is 0 Å². The van der Waals surface area contributed by atoms with E-state index in [0.29, 0.717) is 24.8 Å². The minimum atomic E-state index is -1.95. The van der Waals surface area contributed by atoms with Crippen LogP contribution in [0.2, 0.25) is 0 Å². The first-order valence-electron chi connectivity index (χ1n) is 31.2. The highest BCUT2D eigenvalue weighted by atomic mass is 16.6. The van der Waals surface area contributed by atoms with Crippen LogP contribution in [0.25, 0.3) is 0 Å². The van der Waals surface area contributed by atoms with E-state index in [1.54, 1.807) is 44.2 Å². The Hall–Kier alpha value is -8.52. The largest absolute Gasteiger partial charge is 0.481 e. The van der Waals surface area contributed by atoms with Gasteiger partial charge in [0.2, 0.25) is 65.0 Å². The number of amides is 11. The number of benzene rings is 1. The van der Waals surface area contributed by atoms with Gasteiger partial charge in [0.25, 0.3) is 0 Å². The molecule has 2 aliphatic rings. The molecule has 16 atom stereocenters. The summed E-state index contributed by atoms with van der Waals surface area (Å²) < 4.78 is 5.33. The standard InChI is InChI=1S/C59H93N13O23/c1-6-29(4)45(56(91)68-37(26-73)59(93)94)69-41(76)25-62-51(86)33(15-10-11-21-60)64-53(88)35(23-31-13-8-7-9-14-31)66-49(84)30(5)63-52(87)34(18-20-43(79)80)65-55(90)44(28(2)3)71-54(89)38-16-12-22-72(38)58(92)36(67-50(85)32(61)17-19-42(77)78)24-40(75)70-57-48(83)47(82)46(81)39(27-74)95-57/h7-9,13-14,28-30,32-39,44-48,57,73-74,81-83H,6,10-12,15-27,60-61H2,1-5H3,(H,62,86)(H,63,87)(H,64,88)(H,65,90)(H,66,84)(H,67,85)(H,68,91)(H,69,76)(H,70,75)(H,71,89)(H,77,78)(H,79,80)(H,93,94)/t29-,30-,32-,33-,34-,35-,36-,37-,38-,39+,44-,45-,46+,47-,48+,57?/m0/s1. The van der Waals surface area contributed by atoms with Crippen LogP contribution in [0.5, 0.6) is 0 Å². The van der Waals surface area contributed by atoms with E-state index in [1.807, 2.05) is 0 Å². The van der Waals surface area contributed by atoms with Gasteiger partial charge in [-0.3, -0.25) is 62.3 Å². The first kappa shape index (κ1) is 80.7. The summed E-state index contributed by atoms with van der Waals surface area (Å²) in [6.07, 6.45) is -11.1. The maximum Gasteiger partial charge on any atom is 0.328 e. The quantitative estimate of drug-likeness (QED) is 0.0271. The van der Waals surface area contributed by atoms with E-state index in [0.717, 1.165) is 4.90 Å². The molecule has 11 amide bonds. The normalized spacial score (nSPS) is 20.8. The predicted octanol–water partition coefficient (Wildman–Crippen LogP) is -7.49. The molecule has 1 aromatic carbocycles. The minimum Gasteiger partial charge on any atom is -0.481 e. The van der Waals surface area contributed by atoms with Crippen molar-refractivity contribution in [3.8, 4) is 0 Å². The topological polar surface area (TPSA) is 586 Å². The molecule has 0 radical (unpaired) electrons. The molecule has 3 rings (SSSR count). The SMILES string of the molecule is CC[C@H](C)[C@H](NC(=O)CNC(=O)[C@H](CCCCN)NC(=O)[C@H](Cc1ccccc1)NC(=O)[C@H](C)NC(=O)[C@H](CCC(=O)O)NC(=O)[C@@H](NC(=O)[C@@H]1CCCN1C(=O)[C@H](CC(=O)NC1O[C@H](CO)[C@@H](O)[C@H](O)[C@H]1O)NC(=O)[C@@H](N)CCC(=O)O)C(C)C)C(=O)N[C@@H](CO)C(=O)O. The van der Waals surface area contributed by atoms with Gasteiger partial charge in [0.05, 0.1) is 32.2 Å². The van der Waals surface area contributed by atoms with Crippen molar-refractivity contribution in [3.63, 3.8) is 0 Å². The van der Waals surface area contributed by atoms with Gasteiger partial charge in [0.15, 0.2) is 6.23 Å². The number of carbonyl (C=O) groups is 14. The molecule has 95 heavy (non-hydrogen) atoms. The van der Waals surface area contributed by atoms with Gasteiger partial charge >= 0.3 is 17.9 Å². The molecule has 0 spiro atoms. The third-order valence-electron chi connectivity index (χ3n) is 15.9. The number of aliphatic hydroxyl groups is 5. The van der Waals surface area contributed by atoms with Crippen LogP contribution >= 0.6 is 0 Å². The van der Waals surface area contributed by atoms with Crippen molar-refractivity contribution in [2.75, 3.05) is 32.8 Å². The highest BCUT2D eigenvalue weighted by molar-refractivity contribution is 5.99. The molecule has 2 saturated heterocycles. The monoisotopic (exact) mass is 1350 g/mol. The zero-order valence-corrected chi connectivity index (χ0v) is 53.5. The van der Waals surface area contributed by atoms with Gasteiger partial charge in [0, 0.05) is 25.8 Å². The second kappa shape index (κ2) is 40.0. The molecule has 36 heteroatoms. The summed E-state index contributed by atoms with van der Waals surface area (Å²) in [5.41, 5.74) is 12.1. The summed E-state index contributed by atoms with van der Waals surface area (Å²) in [5.74, 6) is -16.4. The molecule has 36 nitrogen and oxygen atoms in total. The molecule has 1 unspecified atom stereocenters. The number of hydrogen-bond donors (Lipinski definition) is 20. The Labute approximate surface area is 546 Å². The smallest absolute Gasteiger partial charge is 0.328 e. The summed E-state index contributed by atoms with van der Waals surface area (Å²) in [4.78, 5) is 187. The Morgan fingerprint density at radius 1 is 0.621 bits per heavy atom. The Morgan fingerprint density at radius 3 is 1.79 bits per heavy atom. The van der Waals surface area contributed by atoms with Crippen LogP contribution in [0.1, 0.15) is 111 Å². The number of carboxylic acid groups (broad SMARTS) is 3. The lowest BCUT2D eigenvalue weighted by molar-refractivity contribution is -0.236. The predicted molar refractivity (Wildman–Crippen MR) is 329 cm³/mol. The van der Waals surface area contributed by atoms with Gasteiger partial charge in [-0.2, -0.15) is 0 Å². The number of carbonyl (C=O) groups excluding carboxylic acids is 11. The van der Waals surface area contributed by atoms with E-state index in [1.165, 1.54) is 20.8 Å². The lowest BCUT2D eigenvalue weighted by Gasteiger charge is -2.40. The molecule has 2 aliphatic heterocycles. The van der Waals surface area contributed by atoms with Crippen LogP contribution in [0.15, 0.2) is 30.3 Å². The molecule has 22 N–H and O–H groups in total. The van der Waals surface area contributed by atoms with Crippen molar-refractivity contribution in [3.05, 3.63) is 35.9 Å². The number of nitrogens with one attached hydrogen (secondary N) is 10. The third kappa shape index (κ3) is 26.0. The molecular weight excluding hydrogens is 1260 g/mol. The van der Waals surface area contributed by atoms with Crippen molar-refractivity contribution < 1.29 is 113 Å². The summed E-state index contributed by atoms with van der Waals surface area (Å²) >= 11 is 0. The first-order valence-corrected chi connectivity index (χ1v) is 31.2. The van der Waals surface area contributed by atoms with Crippen molar-refractivity contribution in [2.45, 2.75) is 203 Å². The first-order chi connectivity index (χ1) is 44.8. The van der Waals surface area contributed by atoms with E-state index in [9.17, 15) is 103 Å². The molecule has 0 aromatic heterocycles. The Kier molecular flexibility index (Phi) is 34.0. The van der Waals surface area contributed by atoms with E-state index >= 15 is 0 Å². The lowest BCUT2D eigenvalue weighted by Crippen LogP contribution is -2.64. The van der Waals surface area contributed by atoms with E-state index in [4.69, 9.17) is 21.3 Å². The van der Waals surface area contributed by atoms with Crippen LogP contribution < -0.4 is 64.6 Å². The van der Waals surface area contributed by atoms with Crippen molar-refractivity contribution in [1.82, 2.24) is 58.1 Å². The van der Waals surface area contributed by atoms with E-state index in [-0.39, 0.29) is 38.8 Å². The van der Waals surface area contributed by atoms with Gasteiger partial charge in [-0.15, -0.1) is 0 Å². The molecule has 532 valence electrons. The lowest BCUT2D eigenvalue weighted by atomic mass is 9.98. The molecular formula is C59H93N13O23. The number of nitrogens with zero attached hydrogens (tertiary/aromatic N) is 1. The molecule has 0 aliphatic carbocycles. The van der Waals surface area contributed by atoms with Gasteiger partial charge in [0.1, 0.15) is 78.8 Å². The highest BCUT2D eigenvalue weighted by Gasteiger charge is 2.46. The van der Waals surface area contributed by atoms with Crippen LogP contribution in [0.4, 0.5) is 0 Å². The maximum atomic E-state index is 14.4. The number of carboxylic acids is 3. The summed E-state index contributed by atoms with van der Waals surface area (Å²) in [7, 11) is 0. The molecule has 0 saturated carbocycles. The number of aliphatic hydroxyl groups excluding tert-OH is 5. The molecule has 1 aromatic rings. The van der Waals surface area contributed by atoms with Crippen LogP contribution in [-0.4, -0.2) is 253 Å². The average Bonchev–Trinajstić information content (AvgIpc) is 1.77. The van der Waals surface area contributed by atoms with Gasteiger partial charge in [-0.05, 0) is 75.8 Å². The number of ether oxygens (including phenoxy) is 1. The minimum absolute atomic E-state index is 0.0199. The zero-order valence-electron chi connectivity index (χ0n) is 53.5. The molecule has 2 fully saturated rings. The van der Waals surface area contributed by atoms with Crippen molar-refractivity contribution >= 4 is 82.9 Å². The van der Waals surface area contributed by atoms with Crippen LogP contribution in [0.3, 0.4) is 0 Å². The second-order valence-corrected chi connectivity index (χ2v) is 23.6. The fourth-order valence-corrected chi connectivity index (χ4v) is 10.0. The van der Waals surface area contributed by atoms with Crippen LogP contribution in [-0.2, 0) is 78.3 Å². The molecule has 0 bridgehead atoms. The number of unbranched alkanes of at least 4 members (excludes halogenated alkanes) is 1. The number of aliphatic carboxylic acids is 3. The highest BCUT2D eigenvalue weighted by Crippen LogP contribution is 2.23. The number of rotatable bonds is 40. The average molecular weight is 1350 g/mol. The number of nitrogens with two attached hydrogens (primary N) is 2. The Morgan fingerprint density at radius 2 is 1.20 bits per heavy atom. The van der Waals surface area contributed by atoms with Gasteiger partial charge < -0.3 is 115 Å². The van der Waals surface area contributed by atoms with E-state index < -0.39 is 238 Å². The summed E-state index contributed by atoms with van der Waals surface area (Å²) in [6.45, 7) is 5.07. The summed E-state index contributed by atoms with van der Waals surface area (Å²) in [5, 5.41) is 102. The van der Waals surface area contributed by atoms with Gasteiger partial charge in [-0.1, -0.05) is 64.4 Å². The number of hydrogen-bond acceptors (Lipinski definition) is 22.